The number of nitriles is 1. The molecule has 3 heteroatoms. The smallest absolute Gasteiger partial charge is 0.231 e. The van der Waals surface area contributed by atoms with Gasteiger partial charge >= 0.3 is 0 Å². The quantitative estimate of drug-likeness (QED) is 0.555. The maximum absolute atomic E-state index is 8.62. The minimum atomic E-state index is 0.216. The average molecular weight is 147 g/mol. The highest BCUT2D eigenvalue weighted by molar-refractivity contribution is 5.53. The fourth-order valence-corrected chi connectivity index (χ4v) is 1.02. The molecule has 0 N–H and O–H groups in total. The van der Waals surface area contributed by atoms with Gasteiger partial charge in [0.25, 0.3) is 0 Å². The fraction of sp³-hybridized carbons (Fsp3) is 0.125. The number of hydrogen-bond acceptors (Lipinski definition) is 3. The van der Waals surface area contributed by atoms with Gasteiger partial charge in [-0.2, -0.15) is 5.26 Å². The van der Waals surface area contributed by atoms with Crippen LogP contribution in [-0.4, -0.2) is 6.79 Å². The van der Waals surface area contributed by atoms with Gasteiger partial charge in [-0.3, -0.25) is 0 Å². The van der Waals surface area contributed by atoms with Crippen LogP contribution < -0.4 is 9.47 Å². The number of fused-ring (bicyclic) bond motifs is 1. The van der Waals surface area contributed by atoms with Gasteiger partial charge in [0.05, 0.1) is 5.56 Å². The molecule has 1 aromatic carbocycles. The van der Waals surface area contributed by atoms with E-state index in [1.54, 1.807) is 18.2 Å². The first-order valence-corrected chi connectivity index (χ1v) is 3.20. The Morgan fingerprint density at radius 2 is 2.27 bits per heavy atom. The molecule has 1 heterocycles. The van der Waals surface area contributed by atoms with E-state index in [1.165, 1.54) is 0 Å². The van der Waals surface area contributed by atoms with Crippen LogP contribution in [0.15, 0.2) is 18.2 Å². The van der Waals surface area contributed by atoms with Gasteiger partial charge in [0.2, 0.25) is 6.79 Å². The van der Waals surface area contributed by atoms with Crippen molar-refractivity contribution >= 4 is 0 Å². The van der Waals surface area contributed by atoms with Crippen molar-refractivity contribution in [2.45, 2.75) is 0 Å². The first-order valence-electron chi connectivity index (χ1n) is 3.20. The SMILES string of the molecule is N#Cc1cccc2c1OCO2. The summed E-state index contributed by atoms with van der Waals surface area (Å²) in [7, 11) is 0. The van der Waals surface area contributed by atoms with E-state index in [-0.39, 0.29) is 6.79 Å². The number of hydrogen-bond donors (Lipinski definition) is 0. The van der Waals surface area contributed by atoms with Crippen LogP contribution in [0.4, 0.5) is 0 Å². The van der Waals surface area contributed by atoms with Crippen LogP contribution in [0, 0.1) is 11.3 Å². The lowest BCUT2D eigenvalue weighted by Gasteiger charge is -1.94. The van der Waals surface area contributed by atoms with Crippen LogP contribution in [0.3, 0.4) is 0 Å². The summed E-state index contributed by atoms with van der Waals surface area (Å²) in [5.41, 5.74) is 0.528. The summed E-state index contributed by atoms with van der Waals surface area (Å²) >= 11 is 0. The van der Waals surface area contributed by atoms with Crippen LogP contribution in [0.25, 0.3) is 0 Å². The van der Waals surface area contributed by atoms with Crippen molar-refractivity contribution in [1.82, 2.24) is 0 Å². The lowest BCUT2D eigenvalue weighted by Crippen LogP contribution is -1.93. The maximum Gasteiger partial charge on any atom is 0.231 e. The van der Waals surface area contributed by atoms with Gasteiger partial charge in [-0.25, -0.2) is 0 Å². The van der Waals surface area contributed by atoms with E-state index in [0.29, 0.717) is 17.1 Å². The molecule has 0 atom stereocenters. The zero-order chi connectivity index (χ0) is 7.68. The van der Waals surface area contributed by atoms with Crippen LogP contribution in [0.5, 0.6) is 11.5 Å². The van der Waals surface area contributed by atoms with Crippen molar-refractivity contribution in [3.8, 4) is 17.6 Å². The van der Waals surface area contributed by atoms with Gasteiger partial charge < -0.3 is 9.47 Å². The Hall–Kier alpha value is -1.69. The molecule has 11 heavy (non-hydrogen) atoms. The molecule has 54 valence electrons. The van der Waals surface area contributed by atoms with E-state index in [0.717, 1.165) is 0 Å². The van der Waals surface area contributed by atoms with Crippen molar-refractivity contribution in [2.24, 2.45) is 0 Å². The Balaban J connectivity index is 2.61. The van der Waals surface area contributed by atoms with Gasteiger partial charge in [0, 0.05) is 0 Å². The van der Waals surface area contributed by atoms with Crippen molar-refractivity contribution in [1.29, 1.82) is 5.26 Å². The predicted molar refractivity (Wildman–Crippen MR) is 37.3 cm³/mol. The van der Waals surface area contributed by atoms with Gasteiger partial charge in [0.1, 0.15) is 6.07 Å². The molecule has 0 bridgehead atoms. The van der Waals surface area contributed by atoms with Gasteiger partial charge in [-0.15, -0.1) is 0 Å². The van der Waals surface area contributed by atoms with Crippen molar-refractivity contribution in [3.63, 3.8) is 0 Å². The predicted octanol–water partition coefficient (Wildman–Crippen LogP) is 1.29. The topological polar surface area (TPSA) is 42.2 Å². The molecule has 1 aromatic rings. The van der Waals surface area contributed by atoms with E-state index in [1.807, 2.05) is 6.07 Å². The number of nitrogens with zero attached hydrogens (tertiary/aromatic N) is 1. The first kappa shape index (κ1) is 6.05. The largest absolute Gasteiger partial charge is 0.454 e. The van der Waals surface area contributed by atoms with Crippen LogP contribution >= 0.6 is 0 Å². The average Bonchev–Trinajstić information content (AvgIpc) is 2.50. The Morgan fingerprint density at radius 3 is 3.09 bits per heavy atom. The Bertz CT molecular complexity index is 327. The third kappa shape index (κ3) is 0.802. The molecule has 2 rings (SSSR count). The minimum absolute atomic E-state index is 0.216. The summed E-state index contributed by atoms with van der Waals surface area (Å²) in [6.07, 6.45) is 0. The Kier molecular flexibility index (Phi) is 1.19. The number of ether oxygens (including phenoxy) is 2. The molecule has 0 saturated carbocycles. The molecule has 0 aliphatic carbocycles. The summed E-state index contributed by atoms with van der Waals surface area (Å²) in [6.45, 7) is 0.216. The van der Waals surface area contributed by atoms with Crippen molar-refractivity contribution in [2.75, 3.05) is 6.79 Å². The van der Waals surface area contributed by atoms with Gasteiger partial charge in [0.15, 0.2) is 11.5 Å². The van der Waals surface area contributed by atoms with E-state index < -0.39 is 0 Å². The van der Waals surface area contributed by atoms with E-state index in [9.17, 15) is 0 Å². The molecular formula is C8H5NO2. The highest BCUT2D eigenvalue weighted by Crippen LogP contribution is 2.34. The molecule has 1 aliphatic rings. The van der Waals surface area contributed by atoms with Gasteiger partial charge in [-0.1, -0.05) is 6.07 Å². The fourth-order valence-electron chi connectivity index (χ4n) is 1.02. The summed E-state index contributed by atoms with van der Waals surface area (Å²) < 4.78 is 10.1. The minimum Gasteiger partial charge on any atom is -0.454 e. The first-order chi connectivity index (χ1) is 5.42. The highest BCUT2D eigenvalue weighted by atomic mass is 16.7. The van der Waals surface area contributed by atoms with Gasteiger partial charge in [-0.05, 0) is 12.1 Å². The number of rotatable bonds is 0. The second-order valence-electron chi connectivity index (χ2n) is 2.15. The Morgan fingerprint density at radius 1 is 1.36 bits per heavy atom. The maximum atomic E-state index is 8.62. The monoisotopic (exact) mass is 147 g/mol. The Labute approximate surface area is 63.8 Å². The molecular weight excluding hydrogens is 142 g/mol. The molecule has 1 aliphatic heterocycles. The summed E-state index contributed by atoms with van der Waals surface area (Å²) in [5, 5.41) is 8.62. The normalized spacial score (nSPS) is 12.6. The third-order valence-corrected chi connectivity index (χ3v) is 1.52. The standard InChI is InChI=1S/C8H5NO2/c9-4-6-2-1-3-7-8(6)11-5-10-7/h1-3H,5H2. The van der Waals surface area contributed by atoms with Crippen molar-refractivity contribution < 1.29 is 9.47 Å². The van der Waals surface area contributed by atoms with E-state index in [2.05, 4.69) is 0 Å². The van der Waals surface area contributed by atoms with E-state index >= 15 is 0 Å². The molecule has 0 unspecified atom stereocenters. The number of benzene rings is 1. The molecule has 0 aromatic heterocycles. The second kappa shape index (κ2) is 2.17. The molecule has 0 radical (unpaired) electrons. The molecule has 0 spiro atoms. The highest BCUT2D eigenvalue weighted by Gasteiger charge is 2.16. The van der Waals surface area contributed by atoms with Crippen LogP contribution in [0.2, 0.25) is 0 Å². The lowest BCUT2D eigenvalue weighted by molar-refractivity contribution is 0.173. The number of para-hydroxylation sites is 1. The third-order valence-electron chi connectivity index (χ3n) is 1.52. The summed E-state index contributed by atoms with van der Waals surface area (Å²) in [6, 6.07) is 7.28. The summed E-state index contributed by atoms with van der Waals surface area (Å²) in [5.74, 6) is 1.22. The van der Waals surface area contributed by atoms with Crippen LogP contribution in [0.1, 0.15) is 5.56 Å². The van der Waals surface area contributed by atoms with E-state index in [4.69, 9.17) is 14.7 Å². The summed E-state index contributed by atoms with van der Waals surface area (Å²) in [4.78, 5) is 0. The second-order valence-corrected chi connectivity index (χ2v) is 2.15. The zero-order valence-electron chi connectivity index (χ0n) is 5.70. The van der Waals surface area contributed by atoms with Crippen LogP contribution in [-0.2, 0) is 0 Å². The molecule has 0 amide bonds. The zero-order valence-corrected chi connectivity index (χ0v) is 5.70. The van der Waals surface area contributed by atoms with Crippen molar-refractivity contribution in [3.05, 3.63) is 23.8 Å². The molecule has 3 nitrogen and oxygen atoms in total. The molecule has 0 saturated heterocycles. The molecule has 0 fully saturated rings. The lowest BCUT2D eigenvalue weighted by atomic mass is 10.2.